The number of ether oxygens (including phenoxy) is 2. The Balaban J connectivity index is 1.89. The second kappa shape index (κ2) is 9.13. The van der Waals surface area contributed by atoms with Gasteiger partial charge in [-0.1, -0.05) is 15.9 Å². The Kier molecular flexibility index (Phi) is 6.39. The lowest BCUT2D eigenvalue weighted by molar-refractivity contribution is -0.140. The minimum absolute atomic E-state index is 0.134. The first-order chi connectivity index (χ1) is 16.1. The lowest BCUT2D eigenvalue weighted by Gasteiger charge is -2.13. The highest BCUT2D eigenvalue weighted by atomic mass is 79.9. The van der Waals surface area contributed by atoms with E-state index in [0.717, 1.165) is 10.2 Å². The molecule has 0 bridgehead atoms. The number of aryl methyl sites for hydroxylation is 1. The van der Waals surface area contributed by atoms with Crippen molar-refractivity contribution in [2.24, 2.45) is 7.05 Å². The van der Waals surface area contributed by atoms with E-state index in [-0.39, 0.29) is 34.1 Å². The third-order valence-corrected chi connectivity index (χ3v) is 5.94. The normalized spacial score (nSPS) is 11.7. The second-order valence-corrected chi connectivity index (χ2v) is 8.20. The lowest BCUT2D eigenvalue weighted by atomic mass is 10.00. The zero-order chi connectivity index (χ0) is 24.6. The molecule has 0 saturated heterocycles. The van der Waals surface area contributed by atoms with Crippen molar-refractivity contribution in [3.05, 3.63) is 70.0 Å². The van der Waals surface area contributed by atoms with Gasteiger partial charge in [-0.15, -0.1) is 0 Å². The van der Waals surface area contributed by atoms with Gasteiger partial charge in [-0.05, 0) is 35.4 Å². The molecule has 7 nitrogen and oxygen atoms in total. The van der Waals surface area contributed by atoms with Crippen LogP contribution in [-0.4, -0.2) is 33.6 Å². The van der Waals surface area contributed by atoms with E-state index in [1.165, 1.54) is 38.4 Å². The van der Waals surface area contributed by atoms with E-state index in [0.29, 0.717) is 22.4 Å². The molecule has 2 heterocycles. The van der Waals surface area contributed by atoms with Crippen molar-refractivity contribution in [1.82, 2.24) is 19.3 Å². The maximum Gasteiger partial charge on any atom is 0.435 e. The third-order valence-electron chi connectivity index (χ3n) is 5.29. The molecule has 2 aromatic heterocycles. The van der Waals surface area contributed by atoms with E-state index < -0.39 is 11.9 Å². The van der Waals surface area contributed by atoms with Crippen molar-refractivity contribution < 1.29 is 22.6 Å². The van der Waals surface area contributed by atoms with Crippen LogP contribution < -0.4 is 15.0 Å². The van der Waals surface area contributed by atoms with Crippen LogP contribution in [0.1, 0.15) is 16.8 Å². The highest BCUT2D eigenvalue weighted by Gasteiger charge is 2.38. The molecular formula is C23H20BrF3N4O3. The largest absolute Gasteiger partial charge is 0.497 e. The standard InChI is InChI=1S/C23H20BrF3N4O3/c1-30-11-19(21(29-30)23(25,26)27)17-6-13(9-24)7-18-20(17)28-12-31(22(18)32)10-14-4-15(33-2)8-16(5-14)34-3/h4-8,11-12H,9-10H2,1-3H3. The Morgan fingerprint density at radius 2 is 1.68 bits per heavy atom. The van der Waals surface area contributed by atoms with Crippen LogP contribution >= 0.6 is 15.9 Å². The zero-order valence-electron chi connectivity index (χ0n) is 18.5. The van der Waals surface area contributed by atoms with E-state index in [4.69, 9.17) is 9.47 Å². The van der Waals surface area contributed by atoms with Gasteiger partial charge in [0.1, 0.15) is 11.5 Å². The van der Waals surface area contributed by atoms with Crippen LogP contribution in [0.15, 0.2) is 47.7 Å². The first-order valence-electron chi connectivity index (χ1n) is 10.1. The quantitative estimate of drug-likeness (QED) is 0.332. The number of fused-ring (bicyclic) bond motifs is 1. The first-order valence-corrected chi connectivity index (χ1v) is 11.2. The molecular weight excluding hydrogens is 517 g/mol. The monoisotopic (exact) mass is 536 g/mol. The highest BCUT2D eigenvalue weighted by molar-refractivity contribution is 9.08. The molecule has 0 radical (unpaired) electrons. The zero-order valence-corrected chi connectivity index (χ0v) is 20.1. The van der Waals surface area contributed by atoms with Crippen LogP contribution in [0.5, 0.6) is 11.5 Å². The minimum atomic E-state index is -4.66. The van der Waals surface area contributed by atoms with E-state index in [9.17, 15) is 18.0 Å². The van der Waals surface area contributed by atoms with Gasteiger partial charge in [0.15, 0.2) is 5.69 Å². The maximum atomic E-state index is 13.6. The van der Waals surface area contributed by atoms with Gasteiger partial charge in [0.05, 0.1) is 38.0 Å². The fourth-order valence-electron chi connectivity index (χ4n) is 3.78. The van der Waals surface area contributed by atoms with Crippen LogP contribution in [0, 0.1) is 0 Å². The number of methoxy groups -OCH3 is 2. The fourth-order valence-corrected chi connectivity index (χ4v) is 4.10. The number of alkyl halides is 4. The molecule has 2 aromatic carbocycles. The van der Waals surface area contributed by atoms with Gasteiger partial charge in [0, 0.05) is 35.8 Å². The van der Waals surface area contributed by atoms with Crippen LogP contribution in [-0.2, 0) is 25.1 Å². The highest BCUT2D eigenvalue weighted by Crippen LogP contribution is 2.38. The number of nitrogens with zero attached hydrogens (tertiary/aromatic N) is 4. The minimum Gasteiger partial charge on any atom is -0.497 e. The average molecular weight is 537 g/mol. The molecule has 0 saturated carbocycles. The molecule has 0 unspecified atom stereocenters. The number of halogens is 4. The average Bonchev–Trinajstić information content (AvgIpc) is 3.22. The number of rotatable bonds is 6. The molecule has 0 aliphatic heterocycles. The number of hydrogen-bond acceptors (Lipinski definition) is 5. The summed E-state index contributed by atoms with van der Waals surface area (Å²) in [5, 5.41) is 4.15. The molecule has 0 N–H and O–H groups in total. The summed E-state index contributed by atoms with van der Waals surface area (Å²) in [6.45, 7) is 0.171. The number of benzene rings is 2. The van der Waals surface area contributed by atoms with Crippen LogP contribution in [0.3, 0.4) is 0 Å². The van der Waals surface area contributed by atoms with Crippen molar-refractivity contribution in [2.45, 2.75) is 18.1 Å². The predicted octanol–water partition coefficient (Wildman–Crippen LogP) is 4.78. The summed E-state index contributed by atoms with van der Waals surface area (Å²) < 4.78 is 54.0. The Hall–Kier alpha value is -3.34. The first kappa shape index (κ1) is 23.8. The fraction of sp³-hybridized carbons (Fsp3) is 0.261. The Morgan fingerprint density at radius 1 is 1.00 bits per heavy atom. The summed E-state index contributed by atoms with van der Waals surface area (Å²) in [6.07, 6.45) is -2.05. The van der Waals surface area contributed by atoms with E-state index in [1.54, 1.807) is 30.3 Å². The smallest absolute Gasteiger partial charge is 0.435 e. The van der Waals surface area contributed by atoms with Crippen molar-refractivity contribution >= 4 is 26.8 Å². The van der Waals surface area contributed by atoms with Gasteiger partial charge in [-0.25, -0.2) is 4.98 Å². The van der Waals surface area contributed by atoms with E-state index in [1.807, 2.05) is 0 Å². The van der Waals surface area contributed by atoms with Gasteiger partial charge >= 0.3 is 6.18 Å². The molecule has 0 fully saturated rings. The molecule has 11 heteroatoms. The number of hydrogen-bond donors (Lipinski definition) is 0. The lowest BCUT2D eigenvalue weighted by Crippen LogP contribution is -2.21. The van der Waals surface area contributed by atoms with Crippen molar-refractivity contribution in [1.29, 1.82) is 0 Å². The summed E-state index contributed by atoms with van der Waals surface area (Å²) >= 11 is 3.34. The third kappa shape index (κ3) is 4.52. The Bertz CT molecular complexity index is 1410. The predicted molar refractivity (Wildman–Crippen MR) is 124 cm³/mol. The molecule has 0 aliphatic rings. The summed E-state index contributed by atoms with van der Waals surface area (Å²) in [5.41, 5.74) is 0.199. The molecule has 0 amide bonds. The molecule has 178 valence electrons. The summed E-state index contributed by atoms with van der Waals surface area (Å²) in [4.78, 5) is 17.8. The SMILES string of the molecule is COc1cc(Cn2cnc3c(-c4cn(C)nc4C(F)(F)F)cc(CBr)cc3c2=O)cc(OC)c1. The summed E-state index contributed by atoms with van der Waals surface area (Å²) in [6, 6.07) is 8.48. The molecule has 0 spiro atoms. The Labute approximate surface area is 200 Å². The van der Waals surface area contributed by atoms with Gasteiger partial charge in [0.2, 0.25) is 0 Å². The topological polar surface area (TPSA) is 71.2 Å². The van der Waals surface area contributed by atoms with Crippen molar-refractivity contribution in [3.63, 3.8) is 0 Å². The second-order valence-electron chi connectivity index (χ2n) is 7.63. The van der Waals surface area contributed by atoms with Gasteiger partial charge in [-0.3, -0.25) is 14.0 Å². The maximum absolute atomic E-state index is 13.6. The number of aromatic nitrogens is 4. The Morgan fingerprint density at radius 3 is 2.26 bits per heavy atom. The summed E-state index contributed by atoms with van der Waals surface area (Å²) in [5.74, 6) is 1.13. The molecule has 4 aromatic rings. The molecule has 4 rings (SSSR count). The van der Waals surface area contributed by atoms with Crippen LogP contribution in [0.2, 0.25) is 0 Å². The molecule has 0 atom stereocenters. The van der Waals surface area contributed by atoms with Crippen LogP contribution in [0.4, 0.5) is 13.2 Å². The van der Waals surface area contributed by atoms with Gasteiger partial charge in [-0.2, -0.15) is 18.3 Å². The van der Waals surface area contributed by atoms with E-state index in [2.05, 4.69) is 26.0 Å². The molecule has 0 aliphatic carbocycles. The van der Waals surface area contributed by atoms with E-state index >= 15 is 0 Å². The van der Waals surface area contributed by atoms with Gasteiger partial charge in [0.25, 0.3) is 5.56 Å². The van der Waals surface area contributed by atoms with Crippen molar-refractivity contribution in [2.75, 3.05) is 14.2 Å². The van der Waals surface area contributed by atoms with Crippen LogP contribution in [0.25, 0.3) is 22.0 Å². The van der Waals surface area contributed by atoms with Gasteiger partial charge < -0.3 is 9.47 Å². The summed E-state index contributed by atoms with van der Waals surface area (Å²) in [7, 11) is 4.47. The van der Waals surface area contributed by atoms with Crippen molar-refractivity contribution in [3.8, 4) is 22.6 Å². The molecule has 34 heavy (non-hydrogen) atoms.